The van der Waals surface area contributed by atoms with Gasteiger partial charge in [-0.25, -0.2) is 18.8 Å². The normalized spacial score (nSPS) is 25.3. The molecule has 4 aliphatic rings. The van der Waals surface area contributed by atoms with E-state index in [4.69, 9.17) is 9.88 Å². The number of urea groups is 1. The molecule has 33 heavy (non-hydrogen) atoms. The van der Waals surface area contributed by atoms with Crippen LogP contribution in [0.5, 0.6) is 5.88 Å². The van der Waals surface area contributed by atoms with Crippen molar-refractivity contribution < 1.29 is 13.7 Å². The smallest absolute Gasteiger partial charge is 0.354 e. The number of ether oxygens (including phenoxy) is 1. The summed E-state index contributed by atoms with van der Waals surface area (Å²) >= 11 is 0. The molecule has 3 heterocycles. The number of aromatic nitrogens is 2. The fourth-order valence-corrected chi connectivity index (χ4v) is 6.74. The van der Waals surface area contributed by atoms with Crippen LogP contribution in [0.4, 0.5) is 10.5 Å². The van der Waals surface area contributed by atoms with Gasteiger partial charge in [0.2, 0.25) is 5.88 Å². The number of likely N-dealkylation sites (tertiary alicyclic amines) is 1. The van der Waals surface area contributed by atoms with E-state index in [1.807, 2.05) is 0 Å². The lowest BCUT2D eigenvalue weighted by atomic mass is 9.95. The number of benzene rings is 1. The highest BCUT2D eigenvalue weighted by molar-refractivity contribution is 7.91. The molecular weight excluding hydrogens is 440 g/mol. The molecule has 2 aliphatic heterocycles. The van der Waals surface area contributed by atoms with Crippen LogP contribution in [-0.2, 0) is 35.7 Å². The van der Waals surface area contributed by atoms with E-state index in [9.17, 15) is 9.00 Å². The predicted molar refractivity (Wildman–Crippen MR) is 125 cm³/mol. The van der Waals surface area contributed by atoms with Crippen LogP contribution in [0.3, 0.4) is 0 Å². The highest BCUT2D eigenvalue weighted by Gasteiger charge is 2.33. The molecule has 9 nitrogen and oxygen atoms in total. The molecule has 2 aliphatic carbocycles. The first-order valence-electron chi connectivity index (χ1n) is 11.9. The van der Waals surface area contributed by atoms with Crippen LogP contribution < -0.4 is 15.2 Å². The van der Waals surface area contributed by atoms with Crippen LogP contribution in [-0.4, -0.2) is 50.7 Å². The molecule has 10 heteroatoms. The topological polar surface area (TPSA) is 115 Å². The fraction of sp³-hybridized carbons (Fsp3) is 0.565. The lowest BCUT2D eigenvalue weighted by molar-refractivity contribution is 0.0417. The van der Waals surface area contributed by atoms with Crippen molar-refractivity contribution in [3.05, 3.63) is 34.5 Å². The van der Waals surface area contributed by atoms with Gasteiger partial charge in [0.05, 0.1) is 18.8 Å². The van der Waals surface area contributed by atoms with Gasteiger partial charge in [0.15, 0.2) is 9.92 Å². The Morgan fingerprint density at radius 1 is 1.27 bits per heavy atom. The van der Waals surface area contributed by atoms with E-state index in [2.05, 4.69) is 32.7 Å². The number of aryl methyl sites for hydroxylation is 2. The van der Waals surface area contributed by atoms with Crippen molar-refractivity contribution in [2.24, 2.45) is 9.50 Å². The van der Waals surface area contributed by atoms with E-state index in [1.165, 1.54) is 34.9 Å². The Hall–Kier alpha value is -2.43. The Morgan fingerprint density at radius 2 is 2.12 bits per heavy atom. The minimum Gasteiger partial charge on any atom is -0.475 e. The number of rotatable bonds is 3. The van der Waals surface area contributed by atoms with Gasteiger partial charge in [-0.15, -0.1) is 4.36 Å². The van der Waals surface area contributed by atoms with Crippen LogP contribution in [0, 0.1) is 0 Å². The fourth-order valence-electron chi connectivity index (χ4n) is 5.74. The number of hydrogen-bond acceptors (Lipinski definition) is 5. The van der Waals surface area contributed by atoms with Gasteiger partial charge in [-0.3, -0.25) is 4.90 Å². The van der Waals surface area contributed by atoms with Gasteiger partial charge < -0.3 is 10.1 Å². The number of nitrogens with two attached hydrogens (primary N) is 1. The quantitative estimate of drug-likeness (QED) is 0.716. The van der Waals surface area contributed by atoms with Crippen molar-refractivity contribution >= 4 is 21.6 Å². The van der Waals surface area contributed by atoms with Gasteiger partial charge >= 0.3 is 6.03 Å². The van der Waals surface area contributed by atoms with Crippen molar-refractivity contribution in [2.45, 2.75) is 68.8 Å². The summed E-state index contributed by atoms with van der Waals surface area (Å²) in [6.45, 7) is 5.45. The molecule has 0 saturated carbocycles. The summed E-state index contributed by atoms with van der Waals surface area (Å²) in [6, 6.07) is 1.87. The lowest BCUT2D eigenvalue weighted by Gasteiger charge is -2.40. The van der Waals surface area contributed by atoms with Crippen molar-refractivity contribution in [1.82, 2.24) is 14.7 Å². The number of carbonyl (C=O) groups excluding carboxylic acids is 1. The summed E-state index contributed by atoms with van der Waals surface area (Å²) in [5, 5.41) is 13.4. The maximum absolute atomic E-state index is 13.3. The Morgan fingerprint density at radius 3 is 2.91 bits per heavy atom. The highest BCUT2D eigenvalue weighted by Crippen LogP contribution is 2.44. The van der Waals surface area contributed by atoms with Crippen molar-refractivity contribution in [3.8, 4) is 5.88 Å². The third kappa shape index (κ3) is 3.55. The van der Waals surface area contributed by atoms with Gasteiger partial charge in [0.25, 0.3) is 0 Å². The number of nitrogens with zero attached hydrogens (tertiary/aromatic N) is 4. The average molecular weight is 471 g/mol. The van der Waals surface area contributed by atoms with Crippen LogP contribution in [0.2, 0.25) is 0 Å². The molecule has 6 rings (SSSR count). The van der Waals surface area contributed by atoms with Crippen LogP contribution >= 0.6 is 0 Å². The Kier molecular flexibility index (Phi) is 5.00. The molecule has 2 amide bonds. The van der Waals surface area contributed by atoms with Crippen LogP contribution in [0.25, 0.3) is 0 Å². The third-order valence-electron chi connectivity index (χ3n) is 7.59. The number of amides is 2. The molecule has 1 aromatic carbocycles. The molecule has 3 atom stereocenters. The minimum atomic E-state index is -3.51. The Bertz CT molecular complexity index is 1260. The molecule has 3 N–H and O–H groups in total. The SMILES string of the molecule is C[C@@H]1CCc2cc3c(c(NC(=O)N=S(N)(=O)c4cnn5c4OCC(N4CCC4)C5)c21)CCC3. The van der Waals surface area contributed by atoms with E-state index in [0.29, 0.717) is 24.9 Å². The van der Waals surface area contributed by atoms with Crippen molar-refractivity contribution in [3.63, 3.8) is 0 Å². The molecule has 0 spiro atoms. The Labute approximate surface area is 194 Å². The lowest BCUT2D eigenvalue weighted by Crippen LogP contribution is -2.51. The first-order valence-corrected chi connectivity index (χ1v) is 13.4. The molecule has 2 unspecified atom stereocenters. The van der Waals surface area contributed by atoms with Gasteiger partial charge in [-0.05, 0) is 79.8 Å². The molecule has 0 radical (unpaired) electrons. The second-order valence-electron chi connectivity index (χ2n) is 9.70. The van der Waals surface area contributed by atoms with Crippen molar-refractivity contribution in [1.29, 1.82) is 0 Å². The van der Waals surface area contributed by atoms with E-state index in [1.54, 1.807) is 4.68 Å². The monoisotopic (exact) mass is 470 g/mol. The van der Waals surface area contributed by atoms with Gasteiger partial charge in [-0.2, -0.15) is 5.10 Å². The molecular formula is C23H30N6O3S. The summed E-state index contributed by atoms with van der Waals surface area (Å²) < 4.78 is 24.8. The van der Waals surface area contributed by atoms with Gasteiger partial charge in [0.1, 0.15) is 11.5 Å². The second-order valence-corrected chi connectivity index (χ2v) is 11.5. The molecule has 2 aromatic rings. The summed E-state index contributed by atoms with van der Waals surface area (Å²) in [4.78, 5) is 15.5. The van der Waals surface area contributed by atoms with E-state index >= 15 is 0 Å². The first-order chi connectivity index (χ1) is 15.9. The predicted octanol–water partition coefficient (Wildman–Crippen LogP) is 2.82. The zero-order valence-electron chi connectivity index (χ0n) is 18.9. The third-order valence-corrected chi connectivity index (χ3v) is 8.94. The number of anilines is 1. The van der Waals surface area contributed by atoms with E-state index in [-0.39, 0.29) is 10.9 Å². The molecule has 176 valence electrons. The van der Waals surface area contributed by atoms with Crippen LogP contribution in [0.1, 0.15) is 54.4 Å². The van der Waals surface area contributed by atoms with Gasteiger partial charge in [0, 0.05) is 5.69 Å². The molecule has 1 fully saturated rings. The second kappa shape index (κ2) is 7.82. The molecule has 1 aromatic heterocycles. The summed E-state index contributed by atoms with van der Waals surface area (Å²) in [7, 11) is -3.51. The number of carbonyl (C=O) groups is 1. The minimum absolute atomic E-state index is 0.177. The van der Waals surface area contributed by atoms with Crippen LogP contribution in [0.15, 0.2) is 21.5 Å². The molecule has 1 saturated heterocycles. The van der Waals surface area contributed by atoms with Crippen molar-refractivity contribution in [2.75, 3.05) is 25.0 Å². The van der Waals surface area contributed by atoms with E-state index in [0.717, 1.165) is 50.9 Å². The largest absolute Gasteiger partial charge is 0.475 e. The summed E-state index contributed by atoms with van der Waals surface area (Å²) in [5.74, 6) is 0.727. The van der Waals surface area contributed by atoms with E-state index < -0.39 is 15.9 Å². The maximum Gasteiger partial charge on any atom is 0.354 e. The number of fused-ring (bicyclic) bond motifs is 3. The zero-order chi connectivity index (χ0) is 22.7. The highest BCUT2D eigenvalue weighted by atomic mass is 32.2. The Balaban J connectivity index is 1.28. The molecule has 0 bridgehead atoms. The number of nitrogens with one attached hydrogen (secondary N) is 1. The zero-order valence-corrected chi connectivity index (χ0v) is 19.7. The van der Waals surface area contributed by atoms with Gasteiger partial charge in [-0.1, -0.05) is 13.0 Å². The maximum atomic E-state index is 13.3. The summed E-state index contributed by atoms with van der Waals surface area (Å²) in [6.07, 6.45) is 7.77. The summed E-state index contributed by atoms with van der Waals surface area (Å²) in [5.41, 5.74) is 5.87. The first kappa shape index (κ1) is 21.1. The average Bonchev–Trinajstić information content (AvgIpc) is 3.44. The number of hydrogen-bond donors (Lipinski definition) is 2. The standard InChI is InChI=1S/C23H30N6O3S/c1-14-6-7-16-10-15-4-2-5-18(15)21(20(14)16)26-23(30)27-33(24,31)19-11-25-29-12-17(13-32-22(19)29)28-8-3-9-28/h10-11,14,17H,2-9,12-13H2,1H3,(H3,24,26,27,30,31)/t14-,17?,33?/m1/s1.